The normalized spacial score (nSPS) is 13.3. The van der Waals surface area contributed by atoms with E-state index in [1.807, 2.05) is 0 Å². The van der Waals surface area contributed by atoms with Gasteiger partial charge in [0.15, 0.2) is 11.3 Å². The molecular formula is C18H11F2N3O3. The van der Waals surface area contributed by atoms with Crippen molar-refractivity contribution in [2.75, 3.05) is 12.3 Å². The van der Waals surface area contributed by atoms with Gasteiger partial charge in [0.2, 0.25) is 0 Å². The fraction of sp³-hybridized carbons (Fsp3) is 0.111. The van der Waals surface area contributed by atoms with Crippen LogP contribution in [0, 0.1) is 11.6 Å². The van der Waals surface area contributed by atoms with Gasteiger partial charge in [-0.1, -0.05) is 11.2 Å². The van der Waals surface area contributed by atoms with Crippen LogP contribution < -0.4 is 16.0 Å². The maximum absolute atomic E-state index is 13.9. The van der Waals surface area contributed by atoms with Gasteiger partial charge in [-0.2, -0.15) is 0 Å². The van der Waals surface area contributed by atoms with Crippen LogP contribution in [0.4, 0.5) is 14.5 Å². The van der Waals surface area contributed by atoms with Gasteiger partial charge in [-0.05, 0) is 23.8 Å². The molecule has 0 atom stereocenters. The Hall–Kier alpha value is -3.42. The summed E-state index contributed by atoms with van der Waals surface area (Å²) >= 11 is 0. The molecule has 130 valence electrons. The topological polar surface area (TPSA) is 83.3 Å². The predicted octanol–water partition coefficient (Wildman–Crippen LogP) is 3.06. The maximum atomic E-state index is 13.9. The number of aromatic nitrogens is 2. The summed E-state index contributed by atoms with van der Waals surface area (Å²) in [7, 11) is 0. The Kier molecular flexibility index (Phi) is 2.89. The number of fused-ring (bicyclic) bond motifs is 2. The molecule has 1 aliphatic heterocycles. The molecule has 2 N–H and O–H groups in total. The van der Waals surface area contributed by atoms with Gasteiger partial charge in [0.25, 0.3) is 5.56 Å². The van der Waals surface area contributed by atoms with E-state index in [1.165, 1.54) is 6.26 Å². The van der Waals surface area contributed by atoms with Crippen LogP contribution in [-0.4, -0.2) is 16.3 Å². The van der Waals surface area contributed by atoms with Crippen molar-refractivity contribution in [3.8, 4) is 16.9 Å². The van der Waals surface area contributed by atoms with Gasteiger partial charge in [0, 0.05) is 10.9 Å². The summed E-state index contributed by atoms with van der Waals surface area (Å²) in [5.41, 5.74) is 6.06. The standard InChI is InChI=1S/C18H11F2N3O3/c19-12-5-8(6-13(20)14(12)21)9-1-2-10-11-7-26-22-15(11)18(24)23-3-4-25-17(9)16(10)23/h1-2,5-7H,3-4,21H2. The van der Waals surface area contributed by atoms with E-state index in [1.54, 1.807) is 16.7 Å². The fourth-order valence-electron chi connectivity index (χ4n) is 3.43. The molecule has 0 amide bonds. The lowest BCUT2D eigenvalue weighted by Gasteiger charge is -2.23. The number of nitrogens with two attached hydrogens (primary N) is 1. The van der Waals surface area contributed by atoms with E-state index < -0.39 is 17.3 Å². The molecule has 0 bridgehead atoms. The maximum Gasteiger partial charge on any atom is 0.281 e. The Morgan fingerprint density at radius 3 is 2.69 bits per heavy atom. The summed E-state index contributed by atoms with van der Waals surface area (Å²) in [5, 5.41) is 5.06. The zero-order valence-corrected chi connectivity index (χ0v) is 13.3. The van der Waals surface area contributed by atoms with Crippen molar-refractivity contribution in [2.45, 2.75) is 6.54 Å². The third kappa shape index (κ3) is 1.83. The highest BCUT2D eigenvalue weighted by Gasteiger charge is 2.24. The summed E-state index contributed by atoms with van der Waals surface area (Å²) in [5.74, 6) is -1.32. The Labute approximate surface area is 144 Å². The van der Waals surface area contributed by atoms with Gasteiger partial charge in [0.05, 0.1) is 17.4 Å². The molecular weight excluding hydrogens is 344 g/mol. The minimum atomic E-state index is -0.852. The van der Waals surface area contributed by atoms with E-state index in [0.29, 0.717) is 28.8 Å². The first-order valence-corrected chi connectivity index (χ1v) is 7.87. The molecule has 0 radical (unpaired) electrons. The van der Waals surface area contributed by atoms with Gasteiger partial charge in [0.1, 0.15) is 30.2 Å². The van der Waals surface area contributed by atoms with Crippen LogP contribution in [0.5, 0.6) is 5.75 Å². The lowest BCUT2D eigenvalue weighted by molar-refractivity contribution is 0.285. The van der Waals surface area contributed by atoms with Crippen molar-refractivity contribution in [3.05, 3.63) is 52.5 Å². The van der Waals surface area contributed by atoms with Crippen molar-refractivity contribution in [1.29, 1.82) is 0 Å². The fourth-order valence-corrected chi connectivity index (χ4v) is 3.43. The molecule has 5 rings (SSSR count). The predicted molar refractivity (Wildman–Crippen MR) is 91.0 cm³/mol. The van der Waals surface area contributed by atoms with E-state index in [0.717, 1.165) is 17.5 Å². The molecule has 4 aromatic rings. The quantitative estimate of drug-likeness (QED) is 0.531. The molecule has 0 fully saturated rings. The molecule has 1 aliphatic rings. The lowest BCUT2D eigenvalue weighted by atomic mass is 9.99. The van der Waals surface area contributed by atoms with Gasteiger partial charge >= 0.3 is 0 Å². The molecule has 8 heteroatoms. The van der Waals surface area contributed by atoms with Crippen LogP contribution in [0.3, 0.4) is 0 Å². The second-order valence-corrected chi connectivity index (χ2v) is 6.07. The number of hydrogen-bond donors (Lipinski definition) is 1. The molecule has 0 spiro atoms. The number of rotatable bonds is 1. The van der Waals surface area contributed by atoms with Crippen LogP contribution in [0.15, 0.2) is 39.8 Å². The second-order valence-electron chi connectivity index (χ2n) is 6.07. The first-order valence-electron chi connectivity index (χ1n) is 7.87. The minimum Gasteiger partial charge on any atom is -0.489 e. The summed E-state index contributed by atoms with van der Waals surface area (Å²) in [4.78, 5) is 12.7. The molecule has 26 heavy (non-hydrogen) atoms. The summed E-state index contributed by atoms with van der Waals surface area (Å²) in [6.07, 6.45) is 1.40. The lowest BCUT2D eigenvalue weighted by Crippen LogP contribution is -2.27. The molecule has 6 nitrogen and oxygen atoms in total. The van der Waals surface area contributed by atoms with E-state index in [4.69, 9.17) is 15.0 Å². The van der Waals surface area contributed by atoms with E-state index in [9.17, 15) is 13.6 Å². The van der Waals surface area contributed by atoms with Crippen LogP contribution >= 0.6 is 0 Å². The number of nitrogens with zero attached hydrogens (tertiary/aromatic N) is 2. The van der Waals surface area contributed by atoms with Gasteiger partial charge in [-0.15, -0.1) is 0 Å². The average molecular weight is 355 g/mol. The molecule has 0 unspecified atom stereocenters. The number of ether oxygens (including phenoxy) is 1. The van der Waals surface area contributed by atoms with Crippen LogP contribution in [0.25, 0.3) is 32.9 Å². The van der Waals surface area contributed by atoms with Crippen LogP contribution in [0.1, 0.15) is 0 Å². The smallest absolute Gasteiger partial charge is 0.281 e. The van der Waals surface area contributed by atoms with Crippen LogP contribution in [0.2, 0.25) is 0 Å². The molecule has 0 saturated heterocycles. The van der Waals surface area contributed by atoms with Crippen LogP contribution in [-0.2, 0) is 6.54 Å². The SMILES string of the molecule is Nc1c(F)cc(-c2ccc3c4conc4c(=O)n4c3c2OCC4)cc1F. The van der Waals surface area contributed by atoms with Gasteiger partial charge in [-0.3, -0.25) is 9.36 Å². The van der Waals surface area contributed by atoms with Crippen molar-refractivity contribution in [2.24, 2.45) is 0 Å². The Morgan fingerprint density at radius 1 is 1.15 bits per heavy atom. The number of nitrogen functional groups attached to an aromatic ring is 1. The molecule has 2 aromatic carbocycles. The van der Waals surface area contributed by atoms with E-state index in [-0.39, 0.29) is 23.2 Å². The Balaban J connectivity index is 1.92. The van der Waals surface area contributed by atoms with Gasteiger partial charge < -0.3 is 15.0 Å². The van der Waals surface area contributed by atoms with Crippen molar-refractivity contribution < 1.29 is 18.0 Å². The van der Waals surface area contributed by atoms with E-state index in [2.05, 4.69) is 5.16 Å². The molecule has 3 heterocycles. The largest absolute Gasteiger partial charge is 0.489 e. The first-order chi connectivity index (χ1) is 12.6. The van der Waals surface area contributed by atoms with Crippen molar-refractivity contribution in [1.82, 2.24) is 9.72 Å². The number of benzene rings is 2. The highest BCUT2D eigenvalue weighted by Crippen LogP contribution is 2.40. The number of hydrogen-bond acceptors (Lipinski definition) is 5. The van der Waals surface area contributed by atoms with Gasteiger partial charge in [-0.25, -0.2) is 8.78 Å². The number of anilines is 1. The monoisotopic (exact) mass is 355 g/mol. The Morgan fingerprint density at radius 2 is 1.92 bits per heavy atom. The van der Waals surface area contributed by atoms with Crippen molar-refractivity contribution in [3.63, 3.8) is 0 Å². The molecule has 2 aromatic heterocycles. The Bertz CT molecular complexity index is 1250. The summed E-state index contributed by atoms with van der Waals surface area (Å²) in [6.45, 7) is 0.599. The third-order valence-corrected chi connectivity index (χ3v) is 4.66. The highest BCUT2D eigenvalue weighted by atomic mass is 19.1. The molecule has 0 aliphatic carbocycles. The average Bonchev–Trinajstić information content (AvgIpc) is 3.13. The van der Waals surface area contributed by atoms with Crippen molar-refractivity contribution >= 4 is 27.5 Å². The highest BCUT2D eigenvalue weighted by molar-refractivity contribution is 6.08. The number of pyridine rings is 1. The first kappa shape index (κ1) is 14.9. The second kappa shape index (κ2) is 5.04. The zero-order valence-electron chi connectivity index (χ0n) is 13.3. The zero-order chi connectivity index (χ0) is 18.0. The summed E-state index contributed by atoms with van der Waals surface area (Å²) in [6, 6.07) is 5.74. The van der Waals surface area contributed by atoms with E-state index >= 15 is 0 Å². The third-order valence-electron chi connectivity index (χ3n) is 4.66. The molecule has 0 saturated carbocycles. The number of halogens is 2. The summed E-state index contributed by atoms with van der Waals surface area (Å²) < 4.78 is 40.1. The minimum absolute atomic E-state index is 0.239.